The van der Waals surface area contributed by atoms with Crippen LogP contribution in [0.1, 0.15) is 12.0 Å². The van der Waals surface area contributed by atoms with Crippen molar-refractivity contribution < 1.29 is 18.0 Å². The highest BCUT2D eigenvalue weighted by Gasteiger charge is 2.31. The number of carbonyl (C=O) groups is 1. The Morgan fingerprint density at radius 3 is 2.55 bits per heavy atom. The third-order valence-corrected chi connectivity index (χ3v) is 6.21. The fraction of sp³-hybridized carbons (Fsp3) is 0.350. The maximum absolute atomic E-state index is 12.9. The molecule has 1 saturated heterocycles. The summed E-state index contributed by atoms with van der Waals surface area (Å²) in [6, 6.07) is 6.78. The lowest BCUT2D eigenvalue weighted by Gasteiger charge is -2.36. The zero-order valence-corrected chi connectivity index (χ0v) is 17.1. The minimum Gasteiger partial charge on any atom is -0.368 e. The second kappa shape index (κ2) is 8.22. The Morgan fingerprint density at radius 2 is 1.84 bits per heavy atom. The van der Waals surface area contributed by atoms with Gasteiger partial charge in [-0.3, -0.25) is 14.2 Å². The Labute approximate surface area is 178 Å². The number of nitrogens with one attached hydrogen (secondary N) is 1. The zero-order chi connectivity index (χ0) is 22.2. The number of alkyl halides is 3. The number of amides is 1. The van der Waals surface area contributed by atoms with Gasteiger partial charge in [0.1, 0.15) is 4.70 Å². The molecule has 7 nitrogen and oxygen atoms in total. The molecule has 1 fully saturated rings. The number of thiophene rings is 1. The molecule has 0 bridgehead atoms. The molecule has 0 radical (unpaired) electrons. The van der Waals surface area contributed by atoms with Gasteiger partial charge in [0.2, 0.25) is 5.91 Å². The number of hydrogen-bond donors (Lipinski definition) is 1. The normalized spacial score (nSPS) is 14.9. The second-order valence-electron chi connectivity index (χ2n) is 7.22. The Kier molecular flexibility index (Phi) is 5.61. The van der Waals surface area contributed by atoms with Gasteiger partial charge in [0.25, 0.3) is 5.56 Å². The third kappa shape index (κ3) is 4.36. The van der Waals surface area contributed by atoms with E-state index in [1.807, 2.05) is 0 Å². The van der Waals surface area contributed by atoms with E-state index in [9.17, 15) is 27.6 Å². The molecule has 164 valence electrons. The van der Waals surface area contributed by atoms with Crippen LogP contribution in [0.5, 0.6) is 0 Å². The van der Waals surface area contributed by atoms with Crippen molar-refractivity contribution in [2.24, 2.45) is 0 Å². The van der Waals surface area contributed by atoms with Gasteiger partial charge >= 0.3 is 11.9 Å². The molecule has 0 atom stereocenters. The molecule has 1 N–H and O–H groups in total. The first-order valence-corrected chi connectivity index (χ1v) is 10.5. The Hall–Kier alpha value is -3.08. The fourth-order valence-corrected chi connectivity index (χ4v) is 4.43. The summed E-state index contributed by atoms with van der Waals surface area (Å²) in [5.41, 5.74) is -0.742. The fourth-order valence-electron chi connectivity index (χ4n) is 3.63. The van der Waals surface area contributed by atoms with E-state index >= 15 is 0 Å². The highest BCUT2D eigenvalue weighted by Crippen LogP contribution is 2.31. The summed E-state index contributed by atoms with van der Waals surface area (Å²) in [6.45, 7) is 1.47. The summed E-state index contributed by atoms with van der Waals surface area (Å²) in [4.78, 5) is 43.2. The number of hydrogen-bond acceptors (Lipinski definition) is 5. The van der Waals surface area contributed by atoms with Gasteiger partial charge in [-0.25, -0.2) is 4.79 Å². The van der Waals surface area contributed by atoms with Crippen LogP contribution in [0.3, 0.4) is 0 Å². The van der Waals surface area contributed by atoms with E-state index in [2.05, 4.69) is 4.98 Å². The summed E-state index contributed by atoms with van der Waals surface area (Å²) in [7, 11) is 0. The molecule has 3 heterocycles. The first kappa shape index (κ1) is 21.2. The number of H-pyrrole nitrogens is 1. The Balaban J connectivity index is 1.37. The van der Waals surface area contributed by atoms with Crippen LogP contribution in [0, 0.1) is 0 Å². The lowest BCUT2D eigenvalue weighted by Crippen LogP contribution is -2.49. The lowest BCUT2D eigenvalue weighted by molar-refractivity contribution is -0.137. The van der Waals surface area contributed by atoms with E-state index in [0.29, 0.717) is 42.1 Å². The van der Waals surface area contributed by atoms with Crippen LogP contribution in [0.2, 0.25) is 0 Å². The van der Waals surface area contributed by atoms with Crippen molar-refractivity contribution in [3.8, 4) is 0 Å². The maximum atomic E-state index is 12.9. The minimum absolute atomic E-state index is 0.0105. The number of benzene rings is 1. The number of aromatic amines is 1. The SMILES string of the molecule is O=C(CCn1c(=O)[nH]c2ccsc2c1=O)N1CCN(c2cccc(C(F)(F)F)c2)CC1. The number of rotatable bonds is 4. The van der Waals surface area contributed by atoms with Crippen molar-refractivity contribution in [1.82, 2.24) is 14.5 Å². The van der Waals surface area contributed by atoms with Crippen LogP contribution in [0.4, 0.5) is 18.9 Å². The van der Waals surface area contributed by atoms with Gasteiger partial charge < -0.3 is 14.8 Å². The van der Waals surface area contributed by atoms with Gasteiger partial charge in [-0.05, 0) is 29.6 Å². The predicted molar refractivity (Wildman–Crippen MR) is 112 cm³/mol. The zero-order valence-electron chi connectivity index (χ0n) is 16.3. The maximum Gasteiger partial charge on any atom is 0.416 e. The van der Waals surface area contributed by atoms with Gasteiger partial charge in [0, 0.05) is 44.8 Å². The highest BCUT2D eigenvalue weighted by molar-refractivity contribution is 7.17. The summed E-state index contributed by atoms with van der Waals surface area (Å²) < 4.78 is 40.3. The summed E-state index contributed by atoms with van der Waals surface area (Å²) in [6.07, 6.45) is -4.42. The molecule has 0 unspecified atom stereocenters. The van der Waals surface area contributed by atoms with E-state index in [1.165, 1.54) is 17.4 Å². The molecule has 1 aromatic carbocycles. The molecule has 0 saturated carbocycles. The van der Waals surface area contributed by atoms with E-state index < -0.39 is 23.0 Å². The van der Waals surface area contributed by atoms with Crippen LogP contribution in [-0.4, -0.2) is 46.5 Å². The summed E-state index contributed by atoms with van der Waals surface area (Å²) >= 11 is 1.22. The molecule has 0 aliphatic carbocycles. The van der Waals surface area contributed by atoms with Gasteiger partial charge in [-0.1, -0.05) is 6.07 Å². The average molecular weight is 452 g/mol. The van der Waals surface area contributed by atoms with E-state index in [1.54, 1.807) is 27.3 Å². The van der Waals surface area contributed by atoms with E-state index in [0.717, 1.165) is 16.7 Å². The monoisotopic (exact) mass is 452 g/mol. The molecule has 1 amide bonds. The highest BCUT2D eigenvalue weighted by atomic mass is 32.1. The van der Waals surface area contributed by atoms with Gasteiger partial charge in [-0.15, -0.1) is 11.3 Å². The largest absolute Gasteiger partial charge is 0.416 e. The Bertz CT molecular complexity index is 1220. The molecule has 3 aromatic rings. The molecule has 1 aliphatic heterocycles. The van der Waals surface area contributed by atoms with Crippen LogP contribution in [-0.2, 0) is 17.5 Å². The van der Waals surface area contributed by atoms with Crippen LogP contribution >= 0.6 is 11.3 Å². The predicted octanol–water partition coefficient (Wildman–Crippen LogP) is 2.51. The number of carbonyl (C=O) groups excluding carboxylic acids is 1. The molecular weight excluding hydrogens is 433 g/mol. The first-order chi connectivity index (χ1) is 14.7. The van der Waals surface area contributed by atoms with Crippen molar-refractivity contribution in [2.45, 2.75) is 19.1 Å². The van der Waals surface area contributed by atoms with Crippen molar-refractivity contribution in [3.63, 3.8) is 0 Å². The molecule has 0 spiro atoms. The number of halogens is 3. The van der Waals surface area contributed by atoms with Gasteiger partial charge in [0.05, 0.1) is 11.1 Å². The molecule has 1 aliphatic rings. The molecule has 11 heteroatoms. The standard InChI is InChI=1S/C20H19F3N4O3S/c21-20(22,23)13-2-1-3-14(12-13)25-7-9-26(10-8-25)16(28)4-6-27-18(29)17-15(5-11-31-17)24-19(27)30/h1-3,5,11-12H,4,6-10H2,(H,24,30). The number of fused-ring (bicyclic) bond motifs is 1. The summed E-state index contributed by atoms with van der Waals surface area (Å²) in [5, 5.41) is 1.71. The quantitative estimate of drug-likeness (QED) is 0.660. The Morgan fingerprint density at radius 1 is 1.10 bits per heavy atom. The number of piperazine rings is 1. The smallest absolute Gasteiger partial charge is 0.368 e. The third-order valence-electron chi connectivity index (χ3n) is 5.31. The van der Waals surface area contributed by atoms with Crippen molar-refractivity contribution in [3.05, 3.63) is 62.1 Å². The first-order valence-electron chi connectivity index (χ1n) is 9.64. The molecule has 4 rings (SSSR count). The van der Waals surface area contributed by atoms with Gasteiger partial charge in [-0.2, -0.15) is 13.2 Å². The number of aromatic nitrogens is 2. The average Bonchev–Trinajstić information content (AvgIpc) is 3.21. The summed E-state index contributed by atoms with van der Waals surface area (Å²) in [5.74, 6) is -0.207. The van der Waals surface area contributed by atoms with Crippen molar-refractivity contribution in [2.75, 3.05) is 31.1 Å². The van der Waals surface area contributed by atoms with Crippen LogP contribution in [0.15, 0.2) is 45.3 Å². The van der Waals surface area contributed by atoms with Crippen molar-refractivity contribution in [1.29, 1.82) is 0 Å². The minimum atomic E-state index is -4.41. The van der Waals surface area contributed by atoms with E-state index in [4.69, 9.17) is 0 Å². The molecule has 2 aromatic heterocycles. The number of anilines is 1. The lowest BCUT2D eigenvalue weighted by atomic mass is 10.1. The topological polar surface area (TPSA) is 78.4 Å². The second-order valence-corrected chi connectivity index (χ2v) is 8.13. The molecule has 31 heavy (non-hydrogen) atoms. The number of nitrogens with zero attached hydrogens (tertiary/aromatic N) is 3. The van der Waals surface area contributed by atoms with E-state index in [-0.39, 0.29) is 18.9 Å². The van der Waals surface area contributed by atoms with Crippen molar-refractivity contribution >= 4 is 33.1 Å². The van der Waals surface area contributed by atoms with Crippen LogP contribution < -0.4 is 16.1 Å². The van der Waals surface area contributed by atoms with Crippen LogP contribution in [0.25, 0.3) is 10.2 Å². The van der Waals surface area contributed by atoms with Gasteiger partial charge in [0.15, 0.2) is 0 Å². The molecular formula is C20H19F3N4O3S.